The van der Waals surface area contributed by atoms with Crippen LogP contribution < -0.4 is 15.4 Å². The number of nitrogens with zero attached hydrogens (tertiary/aromatic N) is 3. The molecule has 0 aliphatic rings. The number of hydrogen-bond donors (Lipinski definition) is 2. The van der Waals surface area contributed by atoms with Crippen LogP contribution >= 0.6 is 22.9 Å². The van der Waals surface area contributed by atoms with Gasteiger partial charge in [0.25, 0.3) is 0 Å². The number of hydrogen-bond acceptors (Lipinski definition) is 5. The number of nitrogens with one attached hydrogen (secondary N) is 2. The number of guanidine groups is 1. The number of pyridine rings is 1. The summed E-state index contributed by atoms with van der Waals surface area (Å²) >= 11 is 7.47. The Morgan fingerprint density at radius 1 is 1.29 bits per heavy atom. The first-order valence-corrected chi connectivity index (χ1v) is 9.63. The highest BCUT2D eigenvalue weighted by atomic mass is 35.5. The fourth-order valence-electron chi connectivity index (χ4n) is 2.16. The summed E-state index contributed by atoms with van der Waals surface area (Å²) in [6.45, 7) is 5.22. The van der Waals surface area contributed by atoms with Crippen molar-refractivity contribution >= 4 is 28.9 Å². The third-order valence-electron chi connectivity index (χ3n) is 3.70. The minimum absolute atomic E-state index is 0.0473. The van der Waals surface area contributed by atoms with Crippen LogP contribution in [-0.2, 0) is 12.6 Å². The predicted octanol–water partition coefficient (Wildman–Crippen LogP) is 3.61. The van der Waals surface area contributed by atoms with Gasteiger partial charge in [-0.15, -0.1) is 11.3 Å². The second kappa shape index (κ2) is 9.92. The number of halogens is 4. The summed E-state index contributed by atoms with van der Waals surface area (Å²) in [5.74, 6) is 0.536. The topological polar surface area (TPSA) is 71.4 Å². The van der Waals surface area contributed by atoms with Crippen LogP contribution in [0.25, 0.3) is 0 Å². The van der Waals surface area contributed by atoms with Gasteiger partial charge in [0, 0.05) is 31.1 Å². The molecule has 28 heavy (non-hydrogen) atoms. The summed E-state index contributed by atoms with van der Waals surface area (Å²) in [4.78, 5) is 13.4. The zero-order valence-electron chi connectivity index (χ0n) is 15.7. The van der Waals surface area contributed by atoms with Crippen molar-refractivity contribution in [2.75, 3.05) is 26.7 Å². The normalized spacial score (nSPS) is 12.2. The lowest BCUT2D eigenvalue weighted by molar-refractivity contribution is -0.137. The maximum absolute atomic E-state index is 12.6. The third-order valence-corrected chi connectivity index (χ3v) is 5.10. The second-order valence-corrected chi connectivity index (χ2v) is 7.48. The van der Waals surface area contributed by atoms with Gasteiger partial charge >= 0.3 is 6.18 Å². The van der Waals surface area contributed by atoms with Crippen molar-refractivity contribution in [3.05, 3.63) is 38.4 Å². The third kappa shape index (κ3) is 6.52. The quantitative estimate of drug-likeness (QED) is 0.395. The summed E-state index contributed by atoms with van der Waals surface area (Å²) in [7, 11) is 1.64. The highest BCUT2D eigenvalue weighted by Crippen LogP contribution is 2.32. The summed E-state index contributed by atoms with van der Waals surface area (Å²) in [6, 6.07) is 0.792. The molecule has 2 aromatic heterocycles. The minimum Gasteiger partial charge on any atom is -0.475 e. The largest absolute Gasteiger partial charge is 0.475 e. The Morgan fingerprint density at radius 2 is 2.00 bits per heavy atom. The Bertz CT molecular complexity index is 806. The molecule has 0 aliphatic carbocycles. The van der Waals surface area contributed by atoms with Crippen LogP contribution in [0.1, 0.15) is 21.1 Å². The van der Waals surface area contributed by atoms with E-state index < -0.39 is 11.7 Å². The van der Waals surface area contributed by atoms with Crippen LogP contribution in [0.4, 0.5) is 13.2 Å². The molecule has 0 unspecified atom stereocenters. The van der Waals surface area contributed by atoms with Crippen molar-refractivity contribution in [3.8, 4) is 5.88 Å². The van der Waals surface area contributed by atoms with E-state index in [2.05, 4.69) is 25.6 Å². The van der Waals surface area contributed by atoms with Gasteiger partial charge in [0.2, 0.25) is 5.88 Å². The van der Waals surface area contributed by atoms with E-state index in [1.807, 2.05) is 13.8 Å². The predicted molar refractivity (Wildman–Crippen MR) is 104 cm³/mol. The van der Waals surface area contributed by atoms with E-state index in [9.17, 15) is 13.2 Å². The monoisotopic (exact) mass is 435 g/mol. The molecule has 0 saturated carbocycles. The number of thiazole rings is 1. The van der Waals surface area contributed by atoms with E-state index in [0.29, 0.717) is 25.2 Å². The van der Waals surface area contributed by atoms with Gasteiger partial charge in [-0.2, -0.15) is 13.2 Å². The average molecular weight is 436 g/mol. The molecule has 0 fully saturated rings. The molecule has 2 rings (SSSR count). The first-order chi connectivity index (χ1) is 13.2. The van der Waals surface area contributed by atoms with Gasteiger partial charge in [-0.1, -0.05) is 11.6 Å². The van der Waals surface area contributed by atoms with Gasteiger partial charge in [-0.05, 0) is 19.9 Å². The molecule has 0 atom stereocenters. The Morgan fingerprint density at radius 3 is 2.57 bits per heavy atom. The van der Waals surface area contributed by atoms with Crippen LogP contribution in [0.2, 0.25) is 5.02 Å². The van der Waals surface area contributed by atoms with Crippen molar-refractivity contribution in [2.45, 2.75) is 26.4 Å². The Balaban J connectivity index is 1.72. The van der Waals surface area contributed by atoms with E-state index in [1.165, 1.54) is 4.88 Å². The van der Waals surface area contributed by atoms with Gasteiger partial charge in [0.05, 0.1) is 22.8 Å². The summed E-state index contributed by atoms with van der Waals surface area (Å²) < 4.78 is 43.1. The van der Waals surface area contributed by atoms with Crippen LogP contribution in [-0.4, -0.2) is 42.7 Å². The highest BCUT2D eigenvalue weighted by Gasteiger charge is 2.31. The lowest BCUT2D eigenvalue weighted by atomic mass is 10.3. The zero-order chi connectivity index (χ0) is 20.7. The molecular formula is C17H21ClF3N5OS. The maximum atomic E-state index is 12.6. The fraction of sp³-hybridized carbons (Fsp3) is 0.471. The number of ether oxygens (including phenoxy) is 1. The molecule has 2 N–H and O–H groups in total. The fourth-order valence-corrected chi connectivity index (χ4v) is 3.31. The maximum Gasteiger partial charge on any atom is 0.417 e. The van der Waals surface area contributed by atoms with Gasteiger partial charge in [-0.3, -0.25) is 4.99 Å². The highest BCUT2D eigenvalue weighted by molar-refractivity contribution is 7.11. The Hall–Kier alpha value is -2.07. The first kappa shape index (κ1) is 22.2. The van der Waals surface area contributed by atoms with E-state index in [1.54, 1.807) is 18.4 Å². The molecule has 0 amide bonds. The van der Waals surface area contributed by atoms with Gasteiger partial charge in [0.15, 0.2) is 5.96 Å². The van der Waals surface area contributed by atoms with E-state index in [0.717, 1.165) is 23.2 Å². The van der Waals surface area contributed by atoms with Gasteiger partial charge in [0.1, 0.15) is 11.6 Å². The van der Waals surface area contributed by atoms with Gasteiger partial charge < -0.3 is 15.4 Å². The first-order valence-electron chi connectivity index (χ1n) is 8.43. The molecule has 0 aliphatic heterocycles. The van der Waals surface area contributed by atoms with E-state index >= 15 is 0 Å². The molecule has 6 nitrogen and oxygen atoms in total. The van der Waals surface area contributed by atoms with E-state index in [4.69, 9.17) is 16.3 Å². The summed E-state index contributed by atoms with van der Waals surface area (Å²) in [5.41, 5.74) is 0.133. The van der Waals surface area contributed by atoms with E-state index in [-0.39, 0.29) is 17.5 Å². The molecule has 0 spiro atoms. The van der Waals surface area contributed by atoms with Crippen LogP contribution in [0.5, 0.6) is 5.88 Å². The number of rotatable bonds is 7. The zero-order valence-corrected chi connectivity index (χ0v) is 17.2. The minimum atomic E-state index is -4.50. The van der Waals surface area contributed by atoms with Crippen LogP contribution in [0, 0.1) is 13.8 Å². The van der Waals surface area contributed by atoms with Crippen molar-refractivity contribution in [3.63, 3.8) is 0 Å². The Kier molecular flexibility index (Phi) is 7.88. The molecule has 2 heterocycles. The molecule has 0 radical (unpaired) electrons. The molecule has 2 aromatic rings. The van der Waals surface area contributed by atoms with Crippen LogP contribution in [0.15, 0.2) is 17.3 Å². The lowest BCUT2D eigenvalue weighted by Crippen LogP contribution is -2.40. The molecule has 154 valence electrons. The van der Waals surface area contributed by atoms with Crippen molar-refractivity contribution < 1.29 is 17.9 Å². The lowest BCUT2D eigenvalue weighted by Gasteiger charge is -2.13. The van der Waals surface area contributed by atoms with Gasteiger partial charge in [-0.25, -0.2) is 9.97 Å². The van der Waals surface area contributed by atoms with Crippen molar-refractivity contribution in [2.24, 2.45) is 4.99 Å². The molecule has 0 aromatic carbocycles. The number of aromatic nitrogens is 2. The standard InChI is InChI=1S/C17H21ClF3N5OS/c1-10-11(2)28-14(26-10)4-5-23-16(22-3)24-6-7-27-15-13(18)8-12(9-25-15)17(19,20)21/h8-9H,4-7H2,1-3H3,(H2,22,23,24). The SMILES string of the molecule is CN=C(NCCOc1ncc(C(F)(F)F)cc1Cl)NCCc1nc(C)c(C)s1. The number of alkyl halides is 3. The van der Waals surface area contributed by atoms with Crippen LogP contribution in [0.3, 0.4) is 0 Å². The van der Waals surface area contributed by atoms with Crippen molar-refractivity contribution in [1.29, 1.82) is 0 Å². The second-order valence-electron chi connectivity index (χ2n) is 5.78. The summed E-state index contributed by atoms with van der Waals surface area (Å²) in [5, 5.41) is 7.08. The summed E-state index contributed by atoms with van der Waals surface area (Å²) in [6.07, 6.45) is -3.02. The molecule has 11 heteroatoms. The Labute approximate surface area is 170 Å². The number of aryl methyl sites for hydroxylation is 2. The van der Waals surface area contributed by atoms with Crippen molar-refractivity contribution in [1.82, 2.24) is 20.6 Å². The number of aliphatic imine (C=N–C) groups is 1. The molecular weight excluding hydrogens is 415 g/mol. The smallest absolute Gasteiger partial charge is 0.417 e. The molecule has 0 saturated heterocycles. The average Bonchev–Trinajstić information content (AvgIpc) is 2.95. The molecule has 0 bridgehead atoms.